The number of hydrogen-bond acceptors (Lipinski definition) is 6. The molecular weight excluding hydrogens is 350 g/mol. The standard InChI is InChI=1S/C15H14ClN5O2S/c1-21-12(7-11(20-21)9-5-3-4-6-10(9)16)14(22)17-15-19-18-13(24-15)8-23-2/h3-7H,8H2,1-2H3,(H,17,19,22). The molecule has 0 aliphatic heterocycles. The van der Waals surface area contributed by atoms with Crippen molar-refractivity contribution in [2.75, 3.05) is 12.4 Å². The zero-order valence-electron chi connectivity index (χ0n) is 13.0. The number of anilines is 1. The molecule has 0 atom stereocenters. The Labute approximate surface area is 147 Å². The van der Waals surface area contributed by atoms with Crippen molar-refractivity contribution in [3.8, 4) is 11.3 Å². The predicted molar refractivity (Wildman–Crippen MR) is 92.2 cm³/mol. The van der Waals surface area contributed by atoms with Crippen LogP contribution in [0.15, 0.2) is 30.3 Å². The van der Waals surface area contributed by atoms with Gasteiger partial charge in [0.25, 0.3) is 5.91 Å². The number of hydrogen-bond donors (Lipinski definition) is 1. The lowest BCUT2D eigenvalue weighted by Crippen LogP contribution is -2.15. The molecule has 1 amide bonds. The van der Waals surface area contributed by atoms with Crippen LogP contribution in [0.5, 0.6) is 0 Å². The SMILES string of the molecule is COCc1nnc(NC(=O)c2cc(-c3ccccc3Cl)nn2C)s1. The summed E-state index contributed by atoms with van der Waals surface area (Å²) in [4.78, 5) is 12.4. The van der Waals surface area contributed by atoms with Crippen molar-refractivity contribution in [1.29, 1.82) is 0 Å². The van der Waals surface area contributed by atoms with Crippen LogP contribution in [-0.4, -0.2) is 33.0 Å². The zero-order chi connectivity index (χ0) is 17.1. The molecule has 0 radical (unpaired) electrons. The molecule has 3 aromatic rings. The number of aryl methyl sites for hydroxylation is 1. The number of amides is 1. The lowest BCUT2D eigenvalue weighted by atomic mass is 10.1. The number of ether oxygens (including phenoxy) is 1. The first-order valence-electron chi connectivity index (χ1n) is 7.00. The van der Waals surface area contributed by atoms with Gasteiger partial charge in [0.05, 0.1) is 10.7 Å². The molecule has 1 N–H and O–H groups in total. The van der Waals surface area contributed by atoms with Crippen molar-refractivity contribution in [3.63, 3.8) is 0 Å². The first kappa shape index (κ1) is 16.6. The van der Waals surface area contributed by atoms with Crippen molar-refractivity contribution < 1.29 is 9.53 Å². The third-order valence-electron chi connectivity index (χ3n) is 3.22. The van der Waals surface area contributed by atoms with Gasteiger partial charge in [0.1, 0.15) is 17.3 Å². The van der Waals surface area contributed by atoms with Gasteiger partial charge in [-0.15, -0.1) is 10.2 Å². The van der Waals surface area contributed by atoms with Gasteiger partial charge < -0.3 is 4.74 Å². The molecular formula is C15H14ClN5O2S. The van der Waals surface area contributed by atoms with Gasteiger partial charge in [0, 0.05) is 19.7 Å². The lowest BCUT2D eigenvalue weighted by Gasteiger charge is -2.00. The van der Waals surface area contributed by atoms with E-state index in [-0.39, 0.29) is 5.91 Å². The highest BCUT2D eigenvalue weighted by Gasteiger charge is 2.17. The number of benzene rings is 1. The van der Waals surface area contributed by atoms with Crippen LogP contribution in [0.1, 0.15) is 15.5 Å². The number of nitrogens with zero attached hydrogens (tertiary/aromatic N) is 4. The summed E-state index contributed by atoms with van der Waals surface area (Å²) in [7, 11) is 3.28. The highest BCUT2D eigenvalue weighted by atomic mass is 35.5. The summed E-state index contributed by atoms with van der Waals surface area (Å²) in [6, 6.07) is 9.04. The zero-order valence-corrected chi connectivity index (χ0v) is 14.6. The second-order valence-electron chi connectivity index (χ2n) is 4.91. The van der Waals surface area contributed by atoms with E-state index in [0.29, 0.717) is 33.2 Å². The fourth-order valence-corrected chi connectivity index (χ4v) is 3.07. The van der Waals surface area contributed by atoms with Crippen molar-refractivity contribution in [2.45, 2.75) is 6.61 Å². The molecule has 9 heteroatoms. The Balaban J connectivity index is 1.81. The van der Waals surface area contributed by atoms with Crippen LogP contribution in [0, 0.1) is 0 Å². The smallest absolute Gasteiger partial charge is 0.275 e. The van der Waals surface area contributed by atoms with Gasteiger partial charge in [-0.25, -0.2) is 0 Å². The number of halogens is 1. The number of rotatable bonds is 5. The fraction of sp³-hybridized carbons (Fsp3) is 0.200. The van der Waals surface area contributed by atoms with E-state index >= 15 is 0 Å². The third kappa shape index (κ3) is 3.45. The monoisotopic (exact) mass is 363 g/mol. The van der Waals surface area contributed by atoms with Gasteiger partial charge in [0.15, 0.2) is 0 Å². The minimum atomic E-state index is -0.316. The van der Waals surface area contributed by atoms with Gasteiger partial charge >= 0.3 is 0 Å². The molecule has 7 nitrogen and oxygen atoms in total. The number of aromatic nitrogens is 4. The molecule has 2 aromatic heterocycles. The Kier molecular flexibility index (Phi) is 4.89. The largest absolute Gasteiger partial charge is 0.377 e. The van der Waals surface area contributed by atoms with E-state index in [1.807, 2.05) is 18.2 Å². The summed E-state index contributed by atoms with van der Waals surface area (Å²) in [5.74, 6) is -0.316. The van der Waals surface area contributed by atoms with Crippen LogP contribution in [0.3, 0.4) is 0 Å². The first-order chi connectivity index (χ1) is 11.6. The highest BCUT2D eigenvalue weighted by Crippen LogP contribution is 2.27. The molecule has 24 heavy (non-hydrogen) atoms. The van der Waals surface area contributed by atoms with Gasteiger partial charge in [-0.05, 0) is 12.1 Å². The maximum Gasteiger partial charge on any atom is 0.275 e. The van der Waals surface area contributed by atoms with Crippen LogP contribution in [0.4, 0.5) is 5.13 Å². The first-order valence-corrected chi connectivity index (χ1v) is 8.19. The maximum absolute atomic E-state index is 12.4. The van der Waals surface area contributed by atoms with E-state index in [9.17, 15) is 4.79 Å². The molecule has 0 bridgehead atoms. The van der Waals surface area contributed by atoms with Gasteiger partial charge in [-0.1, -0.05) is 41.1 Å². The van der Waals surface area contributed by atoms with Crippen molar-refractivity contribution in [2.24, 2.45) is 7.05 Å². The summed E-state index contributed by atoms with van der Waals surface area (Å²) >= 11 is 7.45. The van der Waals surface area contributed by atoms with E-state index in [0.717, 1.165) is 5.56 Å². The molecule has 0 aliphatic rings. The van der Waals surface area contributed by atoms with E-state index in [1.165, 1.54) is 16.0 Å². The van der Waals surface area contributed by atoms with Crippen LogP contribution in [0.25, 0.3) is 11.3 Å². The van der Waals surface area contributed by atoms with Gasteiger partial charge in [-0.3, -0.25) is 14.8 Å². The lowest BCUT2D eigenvalue weighted by molar-refractivity contribution is 0.101. The normalized spacial score (nSPS) is 10.8. The Morgan fingerprint density at radius 2 is 2.17 bits per heavy atom. The van der Waals surface area contributed by atoms with E-state index in [4.69, 9.17) is 16.3 Å². The Bertz CT molecular complexity index is 876. The molecule has 0 unspecified atom stereocenters. The second-order valence-corrected chi connectivity index (χ2v) is 6.38. The average Bonchev–Trinajstić information content (AvgIpc) is 3.15. The number of methoxy groups -OCH3 is 1. The summed E-state index contributed by atoms with van der Waals surface area (Å²) in [6.45, 7) is 0.357. The quantitative estimate of drug-likeness (QED) is 0.753. The highest BCUT2D eigenvalue weighted by molar-refractivity contribution is 7.15. The van der Waals surface area contributed by atoms with E-state index in [2.05, 4.69) is 20.6 Å². The van der Waals surface area contributed by atoms with E-state index < -0.39 is 0 Å². The number of carbonyl (C=O) groups is 1. The fourth-order valence-electron chi connectivity index (χ4n) is 2.13. The maximum atomic E-state index is 12.4. The van der Waals surface area contributed by atoms with Crippen molar-refractivity contribution >= 4 is 34.0 Å². The molecule has 2 heterocycles. The van der Waals surface area contributed by atoms with Crippen molar-refractivity contribution in [1.82, 2.24) is 20.0 Å². The van der Waals surface area contributed by atoms with Crippen molar-refractivity contribution in [3.05, 3.63) is 46.1 Å². The second kappa shape index (κ2) is 7.08. The third-order valence-corrected chi connectivity index (χ3v) is 4.36. The molecule has 0 spiro atoms. The summed E-state index contributed by atoms with van der Waals surface area (Å²) < 4.78 is 6.49. The summed E-state index contributed by atoms with van der Waals surface area (Å²) in [5.41, 5.74) is 1.80. The molecule has 1 aromatic carbocycles. The summed E-state index contributed by atoms with van der Waals surface area (Å²) in [5, 5.41) is 16.6. The molecule has 0 fully saturated rings. The Hall–Kier alpha value is -2.29. The molecule has 0 saturated carbocycles. The topological polar surface area (TPSA) is 81.9 Å². The number of carbonyl (C=O) groups excluding carboxylic acids is 1. The molecule has 3 rings (SSSR count). The molecule has 0 saturated heterocycles. The van der Waals surface area contributed by atoms with Crippen LogP contribution < -0.4 is 5.32 Å². The van der Waals surface area contributed by atoms with Crippen LogP contribution in [-0.2, 0) is 18.4 Å². The number of nitrogens with one attached hydrogen (secondary N) is 1. The van der Waals surface area contributed by atoms with Gasteiger partial charge in [-0.2, -0.15) is 5.10 Å². The van der Waals surface area contributed by atoms with Gasteiger partial charge in [0.2, 0.25) is 5.13 Å². The molecule has 0 aliphatic carbocycles. The van der Waals surface area contributed by atoms with E-state index in [1.54, 1.807) is 26.3 Å². The minimum absolute atomic E-state index is 0.316. The Morgan fingerprint density at radius 1 is 1.38 bits per heavy atom. The van der Waals surface area contributed by atoms with Crippen LogP contribution >= 0.6 is 22.9 Å². The predicted octanol–water partition coefficient (Wildman–Crippen LogP) is 2.99. The molecule has 124 valence electrons. The Morgan fingerprint density at radius 3 is 2.92 bits per heavy atom. The average molecular weight is 364 g/mol. The minimum Gasteiger partial charge on any atom is -0.377 e. The van der Waals surface area contributed by atoms with Crippen LogP contribution in [0.2, 0.25) is 5.02 Å². The summed E-state index contributed by atoms with van der Waals surface area (Å²) in [6.07, 6.45) is 0.